The van der Waals surface area contributed by atoms with Crippen LogP contribution >= 0.6 is 0 Å². The largest absolute Gasteiger partial charge is 0.340 e. The molecule has 0 saturated carbocycles. The Morgan fingerprint density at radius 3 is 2.64 bits per heavy atom. The maximum Gasteiger partial charge on any atom is 0.254 e. The van der Waals surface area contributed by atoms with Crippen molar-refractivity contribution < 1.29 is 4.79 Å². The number of carbonyl (C=O) groups is 1. The molecule has 2 heterocycles. The molecule has 1 aliphatic rings. The SMILES string of the molecule is CC(C)c1ccc(C(=O)N2CCC[C@H]2c2nc3ccccc3[nH]2)cc1. The van der Waals surface area contributed by atoms with Gasteiger partial charge in [-0.15, -0.1) is 0 Å². The first-order chi connectivity index (χ1) is 12.1. The van der Waals surface area contributed by atoms with Crippen LogP contribution in [0.25, 0.3) is 11.0 Å². The Morgan fingerprint density at radius 2 is 1.92 bits per heavy atom. The van der Waals surface area contributed by atoms with Gasteiger partial charge in [0.25, 0.3) is 5.91 Å². The molecule has 4 rings (SSSR count). The molecule has 1 saturated heterocycles. The van der Waals surface area contributed by atoms with Gasteiger partial charge in [0.05, 0.1) is 17.1 Å². The first-order valence-electron chi connectivity index (χ1n) is 8.99. The molecule has 1 atom stereocenters. The van der Waals surface area contributed by atoms with E-state index in [4.69, 9.17) is 4.98 Å². The van der Waals surface area contributed by atoms with Crippen molar-refractivity contribution in [2.45, 2.75) is 38.6 Å². The number of likely N-dealkylation sites (tertiary alicyclic amines) is 1. The number of aromatic nitrogens is 2. The highest BCUT2D eigenvalue weighted by atomic mass is 16.2. The molecule has 1 aromatic heterocycles. The van der Waals surface area contributed by atoms with Crippen LogP contribution in [-0.2, 0) is 0 Å². The fraction of sp³-hybridized carbons (Fsp3) is 0.333. The van der Waals surface area contributed by atoms with Gasteiger partial charge in [0.1, 0.15) is 5.82 Å². The molecule has 4 nitrogen and oxygen atoms in total. The van der Waals surface area contributed by atoms with Crippen molar-refractivity contribution in [2.75, 3.05) is 6.54 Å². The molecule has 0 spiro atoms. The van der Waals surface area contributed by atoms with Crippen LogP contribution in [0.1, 0.15) is 60.4 Å². The van der Waals surface area contributed by atoms with Crippen molar-refractivity contribution >= 4 is 16.9 Å². The third kappa shape index (κ3) is 2.93. The third-order valence-electron chi connectivity index (χ3n) is 5.06. The van der Waals surface area contributed by atoms with Gasteiger partial charge in [0, 0.05) is 12.1 Å². The zero-order valence-electron chi connectivity index (χ0n) is 14.7. The van der Waals surface area contributed by atoms with E-state index in [9.17, 15) is 4.79 Å². The molecule has 1 aliphatic heterocycles. The number of carbonyl (C=O) groups excluding carboxylic acids is 1. The average Bonchev–Trinajstić information content (AvgIpc) is 3.27. The Morgan fingerprint density at radius 1 is 1.16 bits per heavy atom. The van der Waals surface area contributed by atoms with Crippen LogP contribution in [0, 0.1) is 0 Å². The number of rotatable bonds is 3. The second-order valence-electron chi connectivity index (χ2n) is 7.07. The van der Waals surface area contributed by atoms with Gasteiger partial charge < -0.3 is 9.88 Å². The molecule has 0 radical (unpaired) electrons. The fourth-order valence-electron chi connectivity index (χ4n) is 3.60. The first kappa shape index (κ1) is 15.9. The van der Waals surface area contributed by atoms with Gasteiger partial charge in [0.2, 0.25) is 0 Å². The first-order valence-corrected chi connectivity index (χ1v) is 8.99. The van der Waals surface area contributed by atoms with E-state index >= 15 is 0 Å². The van der Waals surface area contributed by atoms with Crippen molar-refractivity contribution in [2.24, 2.45) is 0 Å². The Kier molecular flexibility index (Phi) is 4.04. The van der Waals surface area contributed by atoms with E-state index in [1.54, 1.807) is 0 Å². The van der Waals surface area contributed by atoms with E-state index in [1.807, 2.05) is 41.3 Å². The summed E-state index contributed by atoms with van der Waals surface area (Å²) in [5, 5.41) is 0. The lowest BCUT2D eigenvalue weighted by atomic mass is 10.0. The minimum atomic E-state index is 0.0321. The highest BCUT2D eigenvalue weighted by Gasteiger charge is 2.32. The van der Waals surface area contributed by atoms with Crippen LogP contribution in [0.15, 0.2) is 48.5 Å². The smallest absolute Gasteiger partial charge is 0.254 e. The van der Waals surface area contributed by atoms with Crippen LogP contribution < -0.4 is 0 Å². The van der Waals surface area contributed by atoms with Crippen LogP contribution in [-0.4, -0.2) is 27.3 Å². The number of amides is 1. The van der Waals surface area contributed by atoms with E-state index in [2.05, 4.69) is 31.0 Å². The number of nitrogens with one attached hydrogen (secondary N) is 1. The lowest BCUT2D eigenvalue weighted by Crippen LogP contribution is -2.31. The molecule has 4 heteroatoms. The lowest BCUT2D eigenvalue weighted by molar-refractivity contribution is 0.0730. The van der Waals surface area contributed by atoms with E-state index < -0.39 is 0 Å². The molecule has 3 aromatic rings. The Labute approximate surface area is 147 Å². The highest BCUT2D eigenvalue weighted by Crippen LogP contribution is 2.32. The van der Waals surface area contributed by atoms with Crippen molar-refractivity contribution in [3.63, 3.8) is 0 Å². The molecule has 25 heavy (non-hydrogen) atoms. The summed E-state index contributed by atoms with van der Waals surface area (Å²) in [6.45, 7) is 5.11. The molecule has 1 N–H and O–H groups in total. The van der Waals surface area contributed by atoms with Gasteiger partial charge in [-0.25, -0.2) is 4.98 Å². The lowest BCUT2D eigenvalue weighted by Gasteiger charge is -2.23. The Hall–Kier alpha value is -2.62. The summed E-state index contributed by atoms with van der Waals surface area (Å²) in [5.41, 5.74) is 4.00. The highest BCUT2D eigenvalue weighted by molar-refractivity contribution is 5.94. The predicted octanol–water partition coefficient (Wildman–Crippen LogP) is 4.66. The maximum atomic E-state index is 13.0. The van der Waals surface area contributed by atoms with Crippen molar-refractivity contribution in [1.82, 2.24) is 14.9 Å². The quantitative estimate of drug-likeness (QED) is 0.757. The third-order valence-corrected chi connectivity index (χ3v) is 5.06. The molecular weight excluding hydrogens is 310 g/mol. The molecule has 0 aliphatic carbocycles. The van der Waals surface area contributed by atoms with E-state index in [-0.39, 0.29) is 11.9 Å². The summed E-state index contributed by atoms with van der Waals surface area (Å²) in [5.74, 6) is 1.46. The van der Waals surface area contributed by atoms with Gasteiger partial charge in [-0.2, -0.15) is 0 Å². The van der Waals surface area contributed by atoms with Crippen LogP contribution in [0.3, 0.4) is 0 Å². The van der Waals surface area contributed by atoms with Gasteiger partial charge in [0.15, 0.2) is 0 Å². The summed E-state index contributed by atoms with van der Waals surface area (Å²) in [6.07, 6.45) is 1.97. The number of aromatic amines is 1. The Balaban J connectivity index is 1.61. The normalized spacial score (nSPS) is 17.6. The van der Waals surface area contributed by atoms with Gasteiger partial charge in [-0.05, 0) is 48.6 Å². The molecular formula is C21H23N3O. The number of nitrogens with zero attached hydrogens (tertiary/aromatic N) is 2. The van der Waals surface area contributed by atoms with Crippen molar-refractivity contribution in [3.8, 4) is 0 Å². The maximum absolute atomic E-state index is 13.0. The molecule has 2 aromatic carbocycles. The number of para-hydroxylation sites is 2. The van der Waals surface area contributed by atoms with E-state index in [0.29, 0.717) is 5.92 Å². The second kappa shape index (κ2) is 6.36. The monoisotopic (exact) mass is 333 g/mol. The van der Waals surface area contributed by atoms with E-state index in [0.717, 1.165) is 41.8 Å². The zero-order valence-corrected chi connectivity index (χ0v) is 14.7. The topological polar surface area (TPSA) is 49.0 Å². The van der Waals surface area contributed by atoms with Gasteiger partial charge in [-0.3, -0.25) is 4.79 Å². The minimum Gasteiger partial charge on any atom is -0.340 e. The van der Waals surface area contributed by atoms with Gasteiger partial charge >= 0.3 is 0 Å². The number of H-pyrrole nitrogens is 1. The van der Waals surface area contributed by atoms with Gasteiger partial charge in [-0.1, -0.05) is 38.1 Å². The molecule has 0 bridgehead atoms. The summed E-state index contributed by atoms with van der Waals surface area (Å²) in [7, 11) is 0. The average molecular weight is 333 g/mol. The van der Waals surface area contributed by atoms with Crippen LogP contribution in [0.5, 0.6) is 0 Å². The number of hydrogen-bond donors (Lipinski definition) is 1. The summed E-state index contributed by atoms with van der Waals surface area (Å²) < 4.78 is 0. The number of fused-ring (bicyclic) bond motifs is 1. The molecule has 128 valence electrons. The Bertz CT molecular complexity index is 862. The molecule has 1 fully saturated rings. The molecule has 0 unspecified atom stereocenters. The number of benzene rings is 2. The van der Waals surface area contributed by atoms with Crippen LogP contribution in [0.4, 0.5) is 0 Å². The fourth-order valence-corrected chi connectivity index (χ4v) is 3.60. The van der Waals surface area contributed by atoms with Crippen molar-refractivity contribution in [3.05, 3.63) is 65.5 Å². The zero-order chi connectivity index (χ0) is 17.4. The predicted molar refractivity (Wildman–Crippen MR) is 99.6 cm³/mol. The summed E-state index contributed by atoms with van der Waals surface area (Å²) >= 11 is 0. The number of imidazole rings is 1. The van der Waals surface area contributed by atoms with Crippen LogP contribution in [0.2, 0.25) is 0 Å². The van der Waals surface area contributed by atoms with E-state index in [1.165, 1.54) is 5.56 Å². The summed E-state index contributed by atoms with van der Waals surface area (Å²) in [6, 6.07) is 16.1. The van der Waals surface area contributed by atoms with Crippen molar-refractivity contribution in [1.29, 1.82) is 0 Å². The summed E-state index contributed by atoms with van der Waals surface area (Å²) in [4.78, 5) is 23.1. The molecule has 1 amide bonds. The second-order valence-corrected chi connectivity index (χ2v) is 7.07. The standard InChI is InChI=1S/C21H23N3O/c1-14(2)15-9-11-16(12-10-15)21(25)24-13-5-8-19(24)20-22-17-6-3-4-7-18(17)23-20/h3-4,6-7,9-12,14,19H,5,8,13H2,1-2H3,(H,22,23)/t19-/m0/s1. The number of hydrogen-bond acceptors (Lipinski definition) is 2. The minimum absolute atomic E-state index is 0.0321.